The lowest BCUT2D eigenvalue weighted by Crippen LogP contribution is -2.72. The predicted octanol–water partition coefficient (Wildman–Crippen LogP) is 4.72. The molecule has 0 saturated heterocycles. The van der Waals surface area contributed by atoms with E-state index in [1.54, 1.807) is 0 Å². The van der Waals surface area contributed by atoms with Gasteiger partial charge in [0.2, 0.25) is 0 Å². The third-order valence-corrected chi connectivity index (χ3v) is 4.48. The summed E-state index contributed by atoms with van der Waals surface area (Å²) in [6.45, 7) is 0. The molecule has 0 aromatic carbocycles. The molecule has 0 radical (unpaired) electrons. The average Bonchev–Trinajstić information content (AvgIpc) is 2.44. The van der Waals surface area contributed by atoms with Crippen LogP contribution < -0.4 is 0 Å². The Balaban J connectivity index is 6.82. The molecule has 0 atom stereocenters. The topological polar surface area (TPSA) is 37.4 Å². The third kappa shape index (κ3) is 3.03. The Hall–Kier alpha value is -1.28. The number of halogens is 17. The molecule has 0 amide bonds. The molecule has 0 heterocycles. The minimum atomic E-state index is -9.00. The van der Waals surface area contributed by atoms with Crippen molar-refractivity contribution in [1.29, 1.82) is 0 Å². The van der Waals surface area contributed by atoms with E-state index in [1.807, 2.05) is 0 Å². The lowest BCUT2D eigenvalue weighted by Gasteiger charge is -2.39. The first-order valence-corrected chi connectivity index (χ1v) is 6.87. The summed E-state index contributed by atoms with van der Waals surface area (Å²) < 4.78 is 233. The van der Waals surface area contributed by atoms with Crippen molar-refractivity contribution in [2.24, 2.45) is 0 Å². The summed E-state index contributed by atoms with van der Waals surface area (Å²) in [5.74, 6) is -34.3. The van der Waals surface area contributed by atoms with E-state index < -0.39 is 55.7 Å². The number of hydrogen-bond acceptors (Lipinski definition) is 3. The summed E-state index contributed by atoms with van der Waals surface area (Å²) in [5.41, 5.74) is 0. The highest BCUT2D eigenvalue weighted by Crippen LogP contribution is 2.62. The van der Waals surface area contributed by atoms with E-state index in [-0.39, 0.29) is 0 Å². The molecule has 3 nitrogen and oxygen atoms in total. The molecule has 0 rings (SSSR count). The smallest absolute Gasteiger partial charge is 0.214 e. The van der Waals surface area contributed by atoms with E-state index in [9.17, 15) is 83.2 Å². The molecule has 0 aliphatic heterocycles. The average molecular weight is 485 g/mol. The Labute approximate surface area is 140 Å². The monoisotopic (exact) mass is 485 g/mol. The van der Waals surface area contributed by atoms with Crippen LogP contribution in [0.25, 0.3) is 0 Å². The molecule has 0 saturated carbocycles. The van der Waals surface area contributed by atoms with Crippen LogP contribution in [0.15, 0.2) is 0 Å². The lowest BCUT2D eigenvalue weighted by molar-refractivity contribution is -0.434. The van der Waals surface area contributed by atoms with Gasteiger partial charge in [-0.2, -0.15) is 65.9 Å². The quantitative estimate of drug-likeness (QED) is 0.298. The first kappa shape index (κ1) is 26.7. The normalized spacial score (nSPS) is 16.6. The van der Waals surface area contributed by atoms with E-state index in [0.29, 0.717) is 0 Å². The predicted molar refractivity (Wildman–Crippen MR) is 48.7 cm³/mol. The fourth-order valence-electron chi connectivity index (χ4n) is 1.17. The van der Waals surface area contributed by atoms with Crippen LogP contribution in [0.1, 0.15) is 0 Å². The molecule has 0 N–H and O–H groups in total. The van der Waals surface area contributed by atoms with Crippen LogP contribution in [-0.4, -0.2) is 54.3 Å². The Bertz CT molecular complexity index is 691. The van der Waals surface area contributed by atoms with Gasteiger partial charge in [0, 0.05) is 0 Å². The minimum Gasteiger partial charge on any atom is -0.214 e. The highest BCUT2D eigenvalue weighted by atomic mass is 32.2. The van der Waals surface area contributed by atoms with Crippen molar-refractivity contribution in [3.63, 3.8) is 0 Å². The van der Waals surface area contributed by atoms with Gasteiger partial charge in [0.05, 0.1) is 0 Å². The zero-order valence-corrected chi connectivity index (χ0v) is 12.4. The molecule has 0 unspecified atom stereocenters. The highest BCUT2D eigenvalue weighted by molar-refractivity contribution is 7.93. The molecule has 0 aromatic heterocycles. The van der Waals surface area contributed by atoms with Crippen molar-refractivity contribution in [1.82, 2.24) is 5.34 Å². The molecule has 0 aliphatic rings. The Kier molecular flexibility index (Phi) is 6.07. The van der Waals surface area contributed by atoms with Gasteiger partial charge in [-0.15, -0.1) is 0 Å². The summed E-state index contributed by atoms with van der Waals surface area (Å²) >= 11 is 0. The molecule has 170 valence electrons. The SMILES string of the molecule is O=S(=O)(C(F)(F)N(F)F)C(F)(F)C(F)(F)C(F)(F)C(F)(F)C(F)(F)C(F)(F)F. The van der Waals surface area contributed by atoms with E-state index in [4.69, 9.17) is 0 Å². The molecule has 0 bridgehead atoms. The highest BCUT2D eigenvalue weighted by Gasteiger charge is 2.93. The van der Waals surface area contributed by atoms with Gasteiger partial charge in [-0.1, -0.05) is 8.96 Å². The van der Waals surface area contributed by atoms with Crippen LogP contribution in [0.3, 0.4) is 0 Å². The molecule has 0 fully saturated rings. The summed E-state index contributed by atoms with van der Waals surface area (Å²) in [6, 6.07) is 0. The maximum Gasteiger partial charge on any atom is 0.466 e. The number of hydrogen-bond donors (Lipinski definition) is 0. The van der Waals surface area contributed by atoms with E-state index in [0.717, 1.165) is 0 Å². The molecular formula is C7F17NO2S. The standard InChI is InChI=1S/C7F17NO2S/c8-1(9,3(12,13)5(16,17)18)2(10,11)4(14,15)6(19,20)28(26,27)7(21,22)25(23)24. The van der Waals surface area contributed by atoms with Crippen LogP contribution in [0.4, 0.5) is 74.8 Å². The number of sulfone groups is 1. The van der Waals surface area contributed by atoms with Crippen LogP contribution in [-0.2, 0) is 9.84 Å². The summed E-state index contributed by atoms with van der Waals surface area (Å²) in [7, 11) is -9.00. The first-order valence-electron chi connectivity index (χ1n) is 5.39. The zero-order valence-electron chi connectivity index (χ0n) is 11.6. The van der Waals surface area contributed by atoms with Crippen molar-refractivity contribution >= 4 is 9.84 Å². The Morgan fingerprint density at radius 2 is 0.786 bits per heavy atom. The molecule has 21 heteroatoms. The van der Waals surface area contributed by atoms with Gasteiger partial charge in [-0.05, 0) is 0 Å². The second kappa shape index (κ2) is 6.36. The second-order valence-electron chi connectivity index (χ2n) is 4.53. The fourth-order valence-corrected chi connectivity index (χ4v) is 2.12. The Morgan fingerprint density at radius 3 is 1.04 bits per heavy atom. The Morgan fingerprint density at radius 1 is 0.500 bits per heavy atom. The number of rotatable bonds is 7. The van der Waals surface area contributed by atoms with Crippen LogP contribution in [0, 0.1) is 0 Å². The van der Waals surface area contributed by atoms with Gasteiger partial charge >= 0.3 is 50.3 Å². The molecule has 0 aliphatic carbocycles. The summed E-state index contributed by atoms with van der Waals surface area (Å²) in [5, 5.41) is -20.0. The van der Waals surface area contributed by atoms with Gasteiger partial charge < -0.3 is 0 Å². The van der Waals surface area contributed by atoms with Crippen molar-refractivity contribution < 1.29 is 83.2 Å². The van der Waals surface area contributed by atoms with E-state index >= 15 is 0 Å². The number of nitrogens with zero attached hydrogens (tertiary/aromatic N) is 1. The summed E-state index contributed by atoms with van der Waals surface area (Å²) in [4.78, 5) is 0. The zero-order chi connectivity index (χ0) is 23.6. The van der Waals surface area contributed by atoms with E-state index in [2.05, 4.69) is 0 Å². The van der Waals surface area contributed by atoms with Gasteiger partial charge in [0.25, 0.3) is 0 Å². The maximum absolute atomic E-state index is 13.0. The third-order valence-electron chi connectivity index (χ3n) is 2.76. The first-order chi connectivity index (χ1) is 11.7. The van der Waals surface area contributed by atoms with Crippen LogP contribution >= 0.6 is 0 Å². The minimum absolute atomic E-state index is 4.09. The van der Waals surface area contributed by atoms with Crippen molar-refractivity contribution in [3.05, 3.63) is 0 Å². The fraction of sp³-hybridized carbons (Fsp3) is 1.00. The largest absolute Gasteiger partial charge is 0.466 e. The van der Waals surface area contributed by atoms with Gasteiger partial charge in [0.15, 0.2) is 0 Å². The van der Waals surface area contributed by atoms with E-state index in [1.165, 1.54) is 0 Å². The van der Waals surface area contributed by atoms with Gasteiger partial charge in [0.1, 0.15) is 5.34 Å². The molecule has 0 aromatic rings. The van der Waals surface area contributed by atoms with Gasteiger partial charge in [-0.25, -0.2) is 8.42 Å². The van der Waals surface area contributed by atoms with Crippen LogP contribution in [0.5, 0.6) is 0 Å². The van der Waals surface area contributed by atoms with Crippen molar-refractivity contribution in [2.75, 3.05) is 0 Å². The van der Waals surface area contributed by atoms with Gasteiger partial charge in [-0.3, -0.25) is 0 Å². The summed E-state index contributed by atoms with van der Waals surface area (Å²) in [6.07, 6.45) is -7.83. The second-order valence-corrected chi connectivity index (χ2v) is 6.55. The van der Waals surface area contributed by atoms with Crippen molar-refractivity contribution in [2.45, 2.75) is 40.5 Å². The molecule has 28 heavy (non-hydrogen) atoms. The molecule has 0 spiro atoms. The van der Waals surface area contributed by atoms with Crippen molar-refractivity contribution in [3.8, 4) is 0 Å². The van der Waals surface area contributed by atoms with Crippen LogP contribution in [0.2, 0.25) is 0 Å². The maximum atomic E-state index is 13.0. The number of alkyl halides is 15. The lowest BCUT2D eigenvalue weighted by atomic mass is 9.98. The molecular weight excluding hydrogens is 485 g/mol.